The van der Waals surface area contributed by atoms with E-state index < -0.39 is 0 Å². The van der Waals surface area contributed by atoms with Crippen LogP contribution in [0.5, 0.6) is 5.75 Å². The normalized spacial score (nSPS) is 19.9. The summed E-state index contributed by atoms with van der Waals surface area (Å²) in [5.41, 5.74) is 1.44. The van der Waals surface area contributed by atoms with Crippen LogP contribution in [0.25, 0.3) is 0 Å². The zero-order valence-corrected chi connectivity index (χ0v) is 8.23. The summed E-state index contributed by atoms with van der Waals surface area (Å²) < 4.78 is 5.65. The molecule has 1 fully saturated rings. The van der Waals surface area contributed by atoms with Crippen molar-refractivity contribution < 1.29 is 4.74 Å². The lowest BCUT2D eigenvalue weighted by atomic mass is 10.2. The number of hydrogen-bond donors (Lipinski definition) is 1. The van der Waals surface area contributed by atoms with Gasteiger partial charge in [-0.15, -0.1) is 0 Å². The van der Waals surface area contributed by atoms with Crippen molar-refractivity contribution in [1.82, 2.24) is 10.3 Å². The molecule has 15 heavy (non-hydrogen) atoms. The van der Waals surface area contributed by atoms with E-state index in [4.69, 9.17) is 10.00 Å². The number of nitrogens with one attached hydrogen (secondary N) is 1. The van der Waals surface area contributed by atoms with E-state index >= 15 is 0 Å². The van der Waals surface area contributed by atoms with Crippen LogP contribution in [0.15, 0.2) is 30.5 Å². The second-order valence-electron chi connectivity index (χ2n) is 3.39. The molecule has 1 aromatic rings. The summed E-state index contributed by atoms with van der Waals surface area (Å²) in [6, 6.07) is 5.35. The first-order valence-electron chi connectivity index (χ1n) is 4.71. The molecule has 0 amide bonds. The highest BCUT2D eigenvalue weighted by Gasteiger charge is 2.20. The van der Waals surface area contributed by atoms with Gasteiger partial charge in [0.2, 0.25) is 0 Å². The molecule has 4 nitrogen and oxygen atoms in total. The SMILES string of the molecule is C=C1CNC[C@@H]1Oc1ccc(C#N)nc1. The first-order chi connectivity index (χ1) is 7.29. The summed E-state index contributed by atoms with van der Waals surface area (Å²) in [7, 11) is 0. The second-order valence-corrected chi connectivity index (χ2v) is 3.39. The molecule has 1 saturated heterocycles. The lowest BCUT2D eigenvalue weighted by molar-refractivity contribution is 0.255. The van der Waals surface area contributed by atoms with Gasteiger partial charge in [0, 0.05) is 13.1 Å². The smallest absolute Gasteiger partial charge is 0.140 e. The Morgan fingerprint density at radius 1 is 1.60 bits per heavy atom. The van der Waals surface area contributed by atoms with E-state index in [1.54, 1.807) is 18.3 Å². The molecule has 0 unspecified atom stereocenters. The summed E-state index contributed by atoms with van der Waals surface area (Å²) >= 11 is 0. The van der Waals surface area contributed by atoms with Gasteiger partial charge in [0.15, 0.2) is 0 Å². The van der Waals surface area contributed by atoms with Crippen LogP contribution in [-0.2, 0) is 0 Å². The summed E-state index contributed by atoms with van der Waals surface area (Å²) in [5, 5.41) is 11.7. The molecule has 76 valence electrons. The van der Waals surface area contributed by atoms with Gasteiger partial charge in [0.1, 0.15) is 23.6 Å². The average Bonchev–Trinajstić information content (AvgIpc) is 2.66. The standard InChI is InChI=1S/C11H11N3O/c1-8-5-13-7-11(8)15-10-3-2-9(4-12)14-6-10/h2-3,6,11,13H,1,5,7H2/t11-/m0/s1. The van der Waals surface area contributed by atoms with E-state index in [2.05, 4.69) is 16.9 Å². The fourth-order valence-corrected chi connectivity index (χ4v) is 1.43. The molecule has 0 radical (unpaired) electrons. The molecule has 0 spiro atoms. The number of nitrogens with zero attached hydrogens (tertiary/aromatic N) is 2. The number of aromatic nitrogens is 1. The van der Waals surface area contributed by atoms with Gasteiger partial charge in [0.05, 0.1) is 6.20 Å². The minimum atomic E-state index is 0.0136. The van der Waals surface area contributed by atoms with Crippen LogP contribution in [-0.4, -0.2) is 24.2 Å². The lowest BCUT2D eigenvalue weighted by Gasteiger charge is -2.12. The Morgan fingerprint density at radius 2 is 2.47 bits per heavy atom. The van der Waals surface area contributed by atoms with E-state index in [1.165, 1.54) is 0 Å². The summed E-state index contributed by atoms with van der Waals surface area (Å²) in [4.78, 5) is 3.93. The van der Waals surface area contributed by atoms with Gasteiger partial charge in [-0.2, -0.15) is 5.26 Å². The predicted molar refractivity (Wildman–Crippen MR) is 55.4 cm³/mol. The first kappa shape index (κ1) is 9.69. The maximum absolute atomic E-state index is 8.58. The van der Waals surface area contributed by atoms with Crippen molar-refractivity contribution in [1.29, 1.82) is 5.26 Å². The number of nitriles is 1. The Kier molecular flexibility index (Phi) is 2.66. The fraction of sp³-hybridized carbons (Fsp3) is 0.273. The topological polar surface area (TPSA) is 57.9 Å². The molecule has 0 aliphatic carbocycles. The van der Waals surface area contributed by atoms with E-state index in [1.807, 2.05) is 6.07 Å². The minimum absolute atomic E-state index is 0.0136. The van der Waals surface area contributed by atoms with Crippen LogP contribution in [0.4, 0.5) is 0 Å². The zero-order valence-electron chi connectivity index (χ0n) is 8.23. The van der Waals surface area contributed by atoms with Crippen molar-refractivity contribution in [3.63, 3.8) is 0 Å². The molecule has 1 atom stereocenters. The van der Waals surface area contributed by atoms with Crippen LogP contribution < -0.4 is 10.1 Å². The third-order valence-corrected chi connectivity index (χ3v) is 2.27. The Balaban J connectivity index is 2.05. The maximum atomic E-state index is 8.58. The zero-order chi connectivity index (χ0) is 10.7. The Morgan fingerprint density at radius 3 is 3.00 bits per heavy atom. The van der Waals surface area contributed by atoms with E-state index in [9.17, 15) is 0 Å². The van der Waals surface area contributed by atoms with Crippen LogP contribution in [0, 0.1) is 11.3 Å². The van der Waals surface area contributed by atoms with E-state index in [0.29, 0.717) is 11.4 Å². The van der Waals surface area contributed by atoms with Crippen molar-refractivity contribution >= 4 is 0 Å². The molecule has 1 aliphatic rings. The maximum Gasteiger partial charge on any atom is 0.140 e. The van der Waals surface area contributed by atoms with Gasteiger partial charge >= 0.3 is 0 Å². The van der Waals surface area contributed by atoms with Crippen molar-refractivity contribution in [3.05, 3.63) is 36.2 Å². The van der Waals surface area contributed by atoms with Gasteiger partial charge < -0.3 is 10.1 Å². The fourth-order valence-electron chi connectivity index (χ4n) is 1.43. The highest BCUT2D eigenvalue weighted by Crippen LogP contribution is 2.16. The Labute approximate surface area is 88.2 Å². The predicted octanol–water partition coefficient (Wildman–Crippen LogP) is 0.860. The lowest BCUT2D eigenvalue weighted by Crippen LogP contribution is -2.20. The number of rotatable bonds is 2. The number of pyridine rings is 1. The van der Waals surface area contributed by atoms with Crippen molar-refractivity contribution in [2.75, 3.05) is 13.1 Å². The van der Waals surface area contributed by atoms with Gasteiger partial charge in [-0.25, -0.2) is 4.98 Å². The number of hydrogen-bond acceptors (Lipinski definition) is 4. The average molecular weight is 201 g/mol. The molecule has 1 aromatic heterocycles. The van der Waals surface area contributed by atoms with Crippen LogP contribution in [0.2, 0.25) is 0 Å². The minimum Gasteiger partial charge on any atom is -0.483 e. The quantitative estimate of drug-likeness (QED) is 0.721. The molecule has 4 heteroatoms. The second kappa shape index (κ2) is 4.11. The molecule has 2 rings (SSSR count). The summed E-state index contributed by atoms with van der Waals surface area (Å²) in [6.45, 7) is 5.48. The Hall–Kier alpha value is -1.86. The molecule has 0 aromatic carbocycles. The van der Waals surface area contributed by atoms with Gasteiger partial charge in [-0.05, 0) is 17.7 Å². The van der Waals surface area contributed by atoms with Crippen LogP contribution >= 0.6 is 0 Å². The molecular formula is C11H11N3O. The third kappa shape index (κ3) is 2.14. The van der Waals surface area contributed by atoms with Crippen molar-refractivity contribution in [2.45, 2.75) is 6.10 Å². The number of ether oxygens (including phenoxy) is 1. The van der Waals surface area contributed by atoms with Gasteiger partial charge in [-0.3, -0.25) is 0 Å². The highest BCUT2D eigenvalue weighted by atomic mass is 16.5. The molecule has 2 heterocycles. The summed E-state index contributed by atoms with van der Waals surface area (Å²) in [6.07, 6.45) is 1.57. The highest BCUT2D eigenvalue weighted by molar-refractivity contribution is 5.27. The molecule has 1 aliphatic heterocycles. The largest absolute Gasteiger partial charge is 0.483 e. The van der Waals surface area contributed by atoms with Crippen molar-refractivity contribution in [2.24, 2.45) is 0 Å². The van der Waals surface area contributed by atoms with E-state index in [-0.39, 0.29) is 6.10 Å². The van der Waals surface area contributed by atoms with Crippen LogP contribution in [0.1, 0.15) is 5.69 Å². The molecule has 1 N–H and O–H groups in total. The van der Waals surface area contributed by atoms with E-state index in [0.717, 1.165) is 18.7 Å². The Bertz CT molecular complexity index is 405. The summed E-state index contributed by atoms with van der Waals surface area (Å²) in [5.74, 6) is 0.670. The molecule has 0 bridgehead atoms. The molecular weight excluding hydrogens is 190 g/mol. The van der Waals surface area contributed by atoms with Gasteiger partial charge in [-0.1, -0.05) is 6.58 Å². The monoisotopic (exact) mass is 201 g/mol. The third-order valence-electron chi connectivity index (χ3n) is 2.27. The molecule has 0 saturated carbocycles. The van der Waals surface area contributed by atoms with Crippen molar-refractivity contribution in [3.8, 4) is 11.8 Å². The van der Waals surface area contributed by atoms with Crippen LogP contribution in [0.3, 0.4) is 0 Å². The first-order valence-corrected chi connectivity index (χ1v) is 4.71. The van der Waals surface area contributed by atoms with Gasteiger partial charge in [0.25, 0.3) is 0 Å².